The van der Waals surface area contributed by atoms with E-state index in [0.717, 1.165) is 33.1 Å². The predicted octanol–water partition coefficient (Wildman–Crippen LogP) is 4.88. The zero-order chi connectivity index (χ0) is 32.7. The van der Waals surface area contributed by atoms with Crippen LogP contribution in [0.15, 0.2) is 102 Å². The molecule has 1 aliphatic rings. The van der Waals surface area contributed by atoms with Crippen LogP contribution < -0.4 is 19.1 Å². The third-order valence-electron chi connectivity index (χ3n) is 7.72. The van der Waals surface area contributed by atoms with Crippen molar-refractivity contribution in [2.75, 3.05) is 30.6 Å². The number of nitrogens with one attached hydrogen (secondary N) is 1. The van der Waals surface area contributed by atoms with Crippen LogP contribution in [-0.2, 0) is 32.6 Å². The minimum Gasteiger partial charge on any atom is -0.486 e. The van der Waals surface area contributed by atoms with E-state index in [-0.39, 0.29) is 41.8 Å². The normalized spacial score (nSPS) is 13.0. The summed E-state index contributed by atoms with van der Waals surface area (Å²) in [7, 11) is -4.40. The molecule has 0 radical (unpaired) electrons. The number of likely N-dealkylation sites (N-methyl/N-ethyl adjacent to an activating group) is 1. The molecule has 1 aliphatic heterocycles. The topological polar surface area (TPSA) is 105 Å². The van der Waals surface area contributed by atoms with Gasteiger partial charge in [0.1, 0.15) is 31.6 Å². The minimum atomic E-state index is -4.40. The van der Waals surface area contributed by atoms with Crippen LogP contribution in [0.3, 0.4) is 0 Å². The Labute approximate surface area is 268 Å². The van der Waals surface area contributed by atoms with Gasteiger partial charge < -0.3 is 19.7 Å². The largest absolute Gasteiger partial charge is 0.486 e. The Morgan fingerprint density at radius 1 is 0.891 bits per heavy atom. The number of hydrogen-bond acceptors (Lipinski definition) is 6. The van der Waals surface area contributed by atoms with Gasteiger partial charge in [-0.15, -0.1) is 0 Å². The molecule has 5 rings (SSSR count). The summed E-state index contributed by atoms with van der Waals surface area (Å²) in [6, 6.07) is 25.0. The molecule has 0 aromatic heterocycles. The number of ether oxygens (including phenoxy) is 2. The lowest BCUT2D eigenvalue weighted by molar-refractivity contribution is -0.140. The molecule has 0 saturated heterocycles. The van der Waals surface area contributed by atoms with E-state index in [4.69, 9.17) is 9.47 Å². The van der Waals surface area contributed by atoms with Gasteiger partial charge in [0.2, 0.25) is 11.8 Å². The lowest BCUT2D eigenvalue weighted by atomic mass is 10.0. The number of anilines is 1. The summed E-state index contributed by atoms with van der Waals surface area (Å²) in [6.07, 6.45) is 0.204. The fourth-order valence-corrected chi connectivity index (χ4v) is 6.69. The first-order valence-electron chi connectivity index (χ1n) is 15.0. The Morgan fingerprint density at radius 2 is 1.57 bits per heavy atom. The van der Waals surface area contributed by atoms with Crippen molar-refractivity contribution in [3.8, 4) is 11.5 Å². The van der Waals surface area contributed by atoms with Crippen molar-refractivity contribution < 1.29 is 31.9 Å². The number of rotatable bonds is 12. The first-order valence-corrected chi connectivity index (χ1v) is 16.4. The van der Waals surface area contributed by atoms with Gasteiger partial charge in [-0.3, -0.25) is 13.9 Å². The maximum Gasteiger partial charge on any atom is 0.264 e. The summed E-state index contributed by atoms with van der Waals surface area (Å²) in [5.41, 5.74) is 2.63. The van der Waals surface area contributed by atoms with Crippen LogP contribution in [0.2, 0.25) is 0 Å². The molecule has 0 unspecified atom stereocenters. The van der Waals surface area contributed by atoms with Crippen LogP contribution in [0, 0.1) is 12.7 Å². The van der Waals surface area contributed by atoms with Crippen LogP contribution in [0.4, 0.5) is 10.1 Å². The molecule has 46 heavy (non-hydrogen) atoms. The number of nitrogens with zero attached hydrogens (tertiary/aromatic N) is 2. The van der Waals surface area contributed by atoms with Crippen LogP contribution >= 0.6 is 0 Å². The number of hydrogen-bond donors (Lipinski definition) is 1. The Morgan fingerprint density at radius 3 is 2.26 bits per heavy atom. The van der Waals surface area contributed by atoms with Crippen molar-refractivity contribution >= 4 is 27.5 Å². The van der Waals surface area contributed by atoms with E-state index >= 15 is 0 Å². The Hall–Kier alpha value is -4.90. The third-order valence-corrected chi connectivity index (χ3v) is 9.49. The highest BCUT2D eigenvalue weighted by atomic mass is 32.2. The minimum absolute atomic E-state index is 0.0570. The molecule has 9 nitrogen and oxygen atoms in total. The van der Waals surface area contributed by atoms with Gasteiger partial charge in [-0.25, -0.2) is 12.8 Å². The highest BCUT2D eigenvalue weighted by Crippen LogP contribution is 2.34. The second-order valence-electron chi connectivity index (χ2n) is 10.8. The van der Waals surface area contributed by atoms with E-state index in [1.807, 2.05) is 61.5 Å². The summed E-state index contributed by atoms with van der Waals surface area (Å²) < 4.78 is 54.6. The molecule has 4 aromatic rings. The number of sulfonamides is 1. The molecule has 2 amide bonds. The van der Waals surface area contributed by atoms with E-state index < -0.39 is 34.3 Å². The molecule has 1 N–H and O–H groups in total. The lowest BCUT2D eigenvalue weighted by Crippen LogP contribution is -2.53. The third kappa shape index (κ3) is 7.48. The summed E-state index contributed by atoms with van der Waals surface area (Å²) in [5, 5.41) is 2.85. The van der Waals surface area contributed by atoms with Gasteiger partial charge in [-0.05, 0) is 66.9 Å². The first kappa shape index (κ1) is 32.5. The van der Waals surface area contributed by atoms with Gasteiger partial charge in [0.25, 0.3) is 10.0 Å². The molecule has 0 fully saturated rings. The number of benzene rings is 4. The van der Waals surface area contributed by atoms with E-state index in [9.17, 15) is 22.4 Å². The fraction of sp³-hybridized carbons (Fsp3) is 0.257. The molecule has 4 aromatic carbocycles. The Balaban J connectivity index is 1.57. The SMILES string of the molecule is CCNC(=O)[C@H](Cc1ccccc1)N(Cc1ccccc1C)C(=O)CN(c1ccc(F)cc1)S(=O)(=O)c1ccc2c(c1)OCCO2. The molecule has 11 heteroatoms. The van der Waals surface area contributed by atoms with Gasteiger partial charge in [-0.1, -0.05) is 54.6 Å². The number of aryl methyl sites for hydroxylation is 1. The van der Waals surface area contributed by atoms with Crippen molar-refractivity contribution in [3.63, 3.8) is 0 Å². The number of carbonyl (C=O) groups is 2. The fourth-order valence-electron chi connectivity index (χ4n) is 5.26. The monoisotopic (exact) mass is 645 g/mol. The molecule has 1 heterocycles. The number of amides is 2. The lowest BCUT2D eigenvalue weighted by Gasteiger charge is -2.34. The molecule has 0 spiro atoms. The van der Waals surface area contributed by atoms with Crippen molar-refractivity contribution in [1.29, 1.82) is 0 Å². The van der Waals surface area contributed by atoms with Gasteiger partial charge >= 0.3 is 0 Å². The van der Waals surface area contributed by atoms with E-state index in [1.54, 1.807) is 6.92 Å². The molecule has 0 saturated carbocycles. The second-order valence-corrected chi connectivity index (χ2v) is 12.7. The number of halogens is 1. The second kappa shape index (κ2) is 14.5. The molecular formula is C35H36FN3O6S. The van der Waals surface area contributed by atoms with Crippen LogP contribution in [-0.4, -0.2) is 57.5 Å². The van der Waals surface area contributed by atoms with Gasteiger partial charge in [0.05, 0.1) is 10.6 Å². The van der Waals surface area contributed by atoms with Crippen LogP contribution in [0.1, 0.15) is 23.6 Å². The molecule has 1 atom stereocenters. The maximum atomic E-state index is 14.5. The standard InChI is InChI=1S/C35H36FN3O6S/c1-3-37-35(41)31(21-26-10-5-4-6-11-26)38(23-27-12-8-7-9-25(27)2)34(40)24-39(29-15-13-28(36)14-16-29)46(42,43)30-17-18-32-33(22-30)45-20-19-44-32/h4-18,22,31H,3,19-21,23-24H2,1-2H3,(H,37,41)/t31-/m0/s1. The smallest absolute Gasteiger partial charge is 0.264 e. The quantitative estimate of drug-likeness (QED) is 0.236. The van der Waals surface area contributed by atoms with Crippen LogP contribution in [0.5, 0.6) is 11.5 Å². The number of fused-ring (bicyclic) bond motifs is 1. The van der Waals surface area contributed by atoms with Gasteiger partial charge in [0.15, 0.2) is 11.5 Å². The zero-order valence-corrected chi connectivity index (χ0v) is 26.5. The predicted molar refractivity (Wildman–Crippen MR) is 173 cm³/mol. The van der Waals surface area contributed by atoms with Crippen LogP contribution in [0.25, 0.3) is 0 Å². The van der Waals surface area contributed by atoms with E-state index in [1.165, 1.54) is 35.2 Å². The van der Waals surface area contributed by atoms with E-state index in [0.29, 0.717) is 18.9 Å². The highest BCUT2D eigenvalue weighted by Gasteiger charge is 2.35. The molecule has 0 aliphatic carbocycles. The average molecular weight is 646 g/mol. The van der Waals surface area contributed by atoms with Crippen molar-refractivity contribution in [2.45, 2.75) is 37.8 Å². The van der Waals surface area contributed by atoms with Gasteiger partial charge in [0, 0.05) is 25.6 Å². The average Bonchev–Trinajstić information content (AvgIpc) is 3.06. The summed E-state index contributed by atoms with van der Waals surface area (Å²) in [6.45, 7) is 4.04. The summed E-state index contributed by atoms with van der Waals surface area (Å²) in [5.74, 6) is -0.868. The molecule has 240 valence electrons. The van der Waals surface area contributed by atoms with Crippen molar-refractivity contribution in [2.24, 2.45) is 0 Å². The summed E-state index contributed by atoms with van der Waals surface area (Å²) >= 11 is 0. The molecular weight excluding hydrogens is 609 g/mol. The van der Waals surface area contributed by atoms with Gasteiger partial charge in [-0.2, -0.15) is 0 Å². The first-order chi connectivity index (χ1) is 22.2. The summed E-state index contributed by atoms with van der Waals surface area (Å²) in [4.78, 5) is 29.4. The van der Waals surface area contributed by atoms with E-state index in [2.05, 4.69) is 5.32 Å². The highest BCUT2D eigenvalue weighted by molar-refractivity contribution is 7.92. The zero-order valence-electron chi connectivity index (χ0n) is 25.7. The van der Waals surface area contributed by atoms with Crippen molar-refractivity contribution in [1.82, 2.24) is 10.2 Å². The van der Waals surface area contributed by atoms with Crippen molar-refractivity contribution in [3.05, 3.63) is 120 Å². The Bertz CT molecular complexity index is 1780. The maximum absolute atomic E-state index is 14.5. The Kier molecular flexibility index (Phi) is 10.2. The molecule has 0 bridgehead atoms. The number of carbonyl (C=O) groups excluding carboxylic acids is 2.